The summed E-state index contributed by atoms with van der Waals surface area (Å²) in [5, 5.41) is 24.2. The summed E-state index contributed by atoms with van der Waals surface area (Å²) in [6.07, 6.45) is 1.69. The summed E-state index contributed by atoms with van der Waals surface area (Å²) in [7, 11) is 0. The number of nitrogens with two attached hydrogens (primary N) is 4. The zero-order valence-electron chi connectivity index (χ0n) is 20.2. The monoisotopic (exact) mass is 500 g/mol. The van der Waals surface area contributed by atoms with Crippen LogP contribution in [0.15, 0.2) is 4.99 Å². The number of guanidine groups is 1. The lowest BCUT2D eigenvalue weighted by molar-refractivity contribution is -0.145. The van der Waals surface area contributed by atoms with Crippen LogP contribution in [0.3, 0.4) is 0 Å². The van der Waals surface area contributed by atoms with E-state index in [1.807, 2.05) is 0 Å². The molecule has 0 aromatic rings. The zero-order chi connectivity index (χ0) is 26.5. The summed E-state index contributed by atoms with van der Waals surface area (Å²) in [5.41, 5.74) is 21.7. The Morgan fingerprint density at radius 3 is 2.31 bits per heavy atom. The predicted octanol–water partition coefficient (Wildman–Crippen LogP) is -3.08. The largest absolute Gasteiger partial charge is 0.480 e. The second kappa shape index (κ2) is 15.1. The molecular formula is C21H40N8O6. The van der Waals surface area contributed by atoms with Gasteiger partial charge in [0.15, 0.2) is 5.96 Å². The zero-order valence-corrected chi connectivity index (χ0v) is 20.2. The minimum atomic E-state index is -1.22. The highest BCUT2D eigenvalue weighted by Crippen LogP contribution is 2.20. The molecule has 0 radical (unpaired) electrons. The predicted molar refractivity (Wildman–Crippen MR) is 129 cm³/mol. The van der Waals surface area contributed by atoms with Crippen molar-refractivity contribution in [3.05, 3.63) is 0 Å². The number of aliphatic hydroxyl groups is 1. The minimum Gasteiger partial charge on any atom is -0.480 e. The summed E-state index contributed by atoms with van der Waals surface area (Å²) in [4.78, 5) is 55.4. The van der Waals surface area contributed by atoms with Gasteiger partial charge >= 0.3 is 5.97 Å². The Bertz CT molecular complexity index is 758. The van der Waals surface area contributed by atoms with E-state index in [-0.39, 0.29) is 31.9 Å². The van der Waals surface area contributed by atoms with Crippen LogP contribution in [0.2, 0.25) is 0 Å². The van der Waals surface area contributed by atoms with Crippen LogP contribution in [0.1, 0.15) is 51.9 Å². The molecule has 1 saturated heterocycles. The number of rotatable bonds is 15. The van der Waals surface area contributed by atoms with Crippen molar-refractivity contribution in [1.82, 2.24) is 15.5 Å². The molecule has 35 heavy (non-hydrogen) atoms. The van der Waals surface area contributed by atoms with Gasteiger partial charge in [-0.2, -0.15) is 0 Å². The smallest absolute Gasteiger partial charge is 0.326 e. The van der Waals surface area contributed by atoms with E-state index in [1.54, 1.807) is 0 Å². The number of likely N-dealkylation sites (tertiary alicyclic amines) is 1. The van der Waals surface area contributed by atoms with Crippen molar-refractivity contribution in [2.24, 2.45) is 27.9 Å². The molecule has 0 unspecified atom stereocenters. The fraction of sp³-hybridized carbons (Fsp3) is 0.762. The summed E-state index contributed by atoms with van der Waals surface area (Å²) in [6, 6.07) is -4.21. The fourth-order valence-electron chi connectivity index (χ4n) is 3.77. The quantitative estimate of drug-likeness (QED) is 0.0639. The van der Waals surface area contributed by atoms with Crippen LogP contribution >= 0.6 is 0 Å². The number of unbranched alkanes of at least 4 members (excludes halogenated alkanes) is 1. The molecule has 1 aliphatic heterocycles. The van der Waals surface area contributed by atoms with Crippen molar-refractivity contribution >= 4 is 29.7 Å². The van der Waals surface area contributed by atoms with Gasteiger partial charge in [-0.25, -0.2) is 4.79 Å². The first-order chi connectivity index (χ1) is 16.5. The normalized spacial score (nSPS) is 18.7. The number of hydrogen-bond donors (Lipinski definition) is 8. The van der Waals surface area contributed by atoms with E-state index in [2.05, 4.69) is 15.6 Å². The Hall–Kier alpha value is -2.97. The highest BCUT2D eigenvalue weighted by atomic mass is 16.4. The lowest BCUT2D eigenvalue weighted by atomic mass is 10.1. The van der Waals surface area contributed by atoms with Crippen LogP contribution in [-0.2, 0) is 19.2 Å². The van der Waals surface area contributed by atoms with Crippen LogP contribution in [0.5, 0.6) is 0 Å². The summed E-state index contributed by atoms with van der Waals surface area (Å²) < 4.78 is 0. The maximum Gasteiger partial charge on any atom is 0.326 e. The number of nitrogens with zero attached hydrogens (tertiary/aromatic N) is 2. The molecule has 14 heteroatoms. The van der Waals surface area contributed by atoms with Crippen LogP contribution in [-0.4, -0.2) is 94.7 Å². The third-order valence-corrected chi connectivity index (χ3v) is 5.78. The van der Waals surface area contributed by atoms with Crippen LogP contribution in [0, 0.1) is 0 Å². The average molecular weight is 501 g/mol. The van der Waals surface area contributed by atoms with E-state index >= 15 is 0 Å². The molecule has 0 spiro atoms. The number of aliphatic hydroxyl groups excluding tert-OH is 1. The van der Waals surface area contributed by atoms with E-state index in [0.717, 1.165) is 0 Å². The highest BCUT2D eigenvalue weighted by molar-refractivity contribution is 5.94. The van der Waals surface area contributed by atoms with Crippen molar-refractivity contribution in [1.29, 1.82) is 0 Å². The first-order valence-corrected chi connectivity index (χ1v) is 11.8. The molecule has 0 aromatic heterocycles. The van der Waals surface area contributed by atoms with Crippen LogP contribution in [0.4, 0.5) is 0 Å². The van der Waals surface area contributed by atoms with Crippen LogP contribution in [0.25, 0.3) is 0 Å². The molecule has 5 atom stereocenters. The Morgan fingerprint density at radius 2 is 1.74 bits per heavy atom. The lowest BCUT2D eigenvalue weighted by Crippen LogP contribution is -2.57. The standard InChI is InChI=1S/C21H40N8O6/c1-12(30)16(23)18(32)27-13(6-2-3-9-22)19(33)29-11-5-8-15(29)17(31)28-14(20(34)35)7-4-10-26-21(24)25/h12-16,30H,2-11,22-23H2,1H3,(H,27,32)(H,28,31)(H,34,35)(H4,24,25,26)/t12-,13+,14+,15-,16-/m0/s1. The number of carboxylic acids is 1. The Balaban J connectivity index is 2.90. The molecule has 1 fully saturated rings. The second-order valence-corrected chi connectivity index (χ2v) is 8.65. The molecule has 0 aromatic carbocycles. The van der Waals surface area contributed by atoms with Crippen molar-refractivity contribution in [2.75, 3.05) is 19.6 Å². The van der Waals surface area contributed by atoms with Crippen LogP contribution < -0.4 is 33.6 Å². The summed E-state index contributed by atoms with van der Waals surface area (Å²) in [5.74, 6) is -3.05. The first kappa shape index (κ1) is 30.1. The van der Waals surface area contributed by atoms with Crippen molar-refractivity contribution in [3.63, 3.8) is 0 Å². The van der Waals surface area contributed by atoms with Gasteiger partial charge in [-0.1, -0.05) is 0 Å². The van der Waals surface area contributed by atoms with Gasteiger partial charge < -0.3 is 48.7 Å². The van der Waals surface area contributed by atoms with Gasteiger partial charge in [0.2, 0.25) is 17.7 Å². The summed E-state index contributed by atoms with van der Waals surface area (Å²) in [6.45, 7) is 2.28. The summed E-state index contributed by atoms with van der Waals surface area (Å²) >= 11 is 0. The topological polar surface area (TPSA) is 252 Å². The van der Waals surface area contributed by atoms with E-state index in [0.29, 0.717) is 38.6 Å². The van der Waals surface area contributed by atoms with Gasteiger partial charge in [0, 0.05) is 13.1 Å². The number of hydrogen-bond acceptors (Lipinski definition) is 8. The average Bonchev–Trinajstić information content (AvgIpc) is 3.29. The molecule has 0 aliphatic carbocycles. The Morgan fingerprint density at radius 1 is 1.09 bits per heavy atom. The van der Waals surface area contributed by atoms with Gasteiger partial charge in [0.25, 0.3) is 0 Å². The highest BCUT2D eigenvalue weighted by Gasteiger charge is 2.39. The van der Waals surface area contributed by atoms with Crippen molar-refractivity contribution in [3.8, 4) is 0 Å². The number of carboxylic acid groups (broad SMARTS) is 1. The number of nitrogens with one attached hydrogen (secondary N) is 2. The number of aliphatic imine (C=N–C) groups is 1. The molecule has 0 bridgehead atoms. The molecule has 200 valence electrons. The van der Waals surface area contributed by atoms with Gasteiger partial charge in [0.05, 0.1) is 6.10 Å². The van der Waals surface area contributed by atoms with E-state index in [9.17, 15) is 29.4 Å². The molecule has 1 rings (SSSR count). The third kappa shape index (κ3) is 10.0. The second-order valence-electron chi connectivity index (χ2n) is 8.65. The maximum atomic E-state index is 13.3. The maximum absolute atomic E-state index is 13.3. The van der Waals surface area contributed by atoms with Gasteiger partial charge in [-0.05, 0) is 58.4 Å². The fourth-order valence-corrected chi connectivity index (χ4v) is 3.77. The molecule has 1 aliphatic rings. The number of carbonyl (C=O) groups excluding carboxylic acids is 3. The Labute approximate surface area is 204 Å². The van der Waals surface area contributed by atoms with Gasteiger partial charge in [-0.15, -0.1) is 0 Å². The molecule has 14 nitrogen and oxygen atoms in total. The minimum absolute atomic E-state index is 0.105. The van der Waals surface area contributed by atoms with E-state index in [1.165, 1.54) is 11.8 Å². The van der Waals surface area contributed by atoms with Gasteiger partial charge in [0.1, 0.15) is 24.2 Å². The molecule has 3 amide bonds. The molecule has 0 saturated carbocycles. The number of aliphatic carboxylic acids is 1. The van der Waals surface area contributed by atoms with Crippen molar-refractivity contribution in [2.45, 2.75) is 82.1 Å². The lowest BCUT2D eigenvalue weighted by Gasteiger charge is -2.30. The molecule has 12 N–H and O–H groups in total. The molecule has 1 heterocycles. The molecular weight excluding hydrogens is 460 g/mol. The Kier molecular flexibility index (Phi) is 13.0. The van der Waals surface area contributed by atoms with E-state index in [4.69, 9.17) is 22.9 Å². The number of carbonyl (C=O) groups is 4. The number of amides is 3. The first-order valence-electron chi connectivity index (χ1n) is 11.8. The third-order valence-electron chi connectivity index (χ3n) is 5.78. The van der Waals surface area contributed by atoms with Gasteiger partial charge in [-0.3, -0.25) is 19.4 Å². The SMILES string of the molecule is C[C@H](O)[C@H](N)C(=O)N[C@H](CCCCN)C(=O)N1CCC[C@H]1C(=O)N[C@H](CCCN=C(N)N)C(=O)O. The van der Waals surface area contributed by atoms with E-state index < -0.39 is 54.0 Å². The van der Waals surface area contributed by atoms with Crippen molar-refractivity contribution < 1.29 is 29.4 Å².